The molecule has 0 fully saturated rings. The fourth-order valence-electron chi connectivity index (χ4n) is 1.67. The van der Waals surface area contributed by atoms with Crippen LogP contribution in [0.3, 0.4) is 0 Å². The van der Waals surface area contributed by atoms with Gasteiger partial charge in [0.2, 0.25) is 0 Å². The minimum Gasteiger partial charge on any atom is -0.377 e. The number of nitro groups is 1. The minimum absolute atomic E-state index is 0.0261. The van der Waals surface area contributed by atoms with Crippen molar-refractivity contribution in [1.82, 2.24) is 0 Å². The molecule has 116 valence electrons. The van der Waals surface area contributed by atoms with Crippen LogP contribution in [0.2, 0.25) is 10.0 Å². The van der Waals surface area contributed by atoms with Crippen LogP contribution in [0, 0.1) is 17.0 Å². The number of halogens is 2. The maximum atomic E-state index is 12.2. The highest BCUT2D eigenvalue weighted by molar-refractivity contribution is 7.87. The number of nitro benzene ring substituents is 1. The molecule has 0 N–H and O–H groups in total. The maximum absolute atomic E-state index is 12.2. The van der Waals surface area contributed by atoms with Crippen molar-refractivity contribution in [2.75, 3.05) is 0 Å². The van der Waals surface area contributed by atoms with Crippen molar-refractivity contribution in [1.29, 1.82) is 0 Å². The molecule has 0 unspecified atom stereocenters. The molecule has 0 spiro atoms. The first kappa shape index (κ1) is 16.5. The van der Waals surface area contributed by atoms with Crippen LogP contribution < -0.4 is 4.18 Å². The number of aryl methyl sites for hydroxylation is 1. The third kappa shape index (κ3) is 3.32. The second kappa shape index (κ2) is 6.12. The minimum atomic E-state index is -4.28. The van der Waals surface area contributed by atoms with Gasteiger partial charge in [-0.3, -0.25) is 10.1 Å². The molecule has 0 atom stereocenters. The highest BCUT2D eigenvalue weighted by atomic mass is 35.5. The number of hydrogen-bond acceptors (Lipinski definition) is 5. The van der Waals surface area contributed by atoms with Crippen molar-refractivity contribution in [3.05, 3.63) is 62.1 Å². The first-order valence-electron chi connectivity index (χ1n) is 5.86. The lowest BCUT2D eigenvalue weighted by atomic mass is 10.2. The zero-order chi connectivity index (χ0) is 16.5. The van der Waals surface area contributed by atoms with Crippen molar-refractivity contribution in [3.8, 4) is 5.75 Å². The Labute approximate surface area is 136 Å². The summed E-state index contributed by atoms with van der Waals surface area (Å²) in [5, 5.41) is 10.8. The fourth-order valence-corrected chi connectivity index (χ4v) is 3.19. The van der Waals surface area contributed by atoms with Gasteiger partial charge >= 0.3 is 10.1 Å². The molecule has 0 aliphatic heterocycles. The number of nitrogens with zero attached hydrogens (tertiary/aromatic N) is 1. The van der Waals surface area contributed by atoms with Crippen LogP contribution in [0.4, 0.5) is 5.69 Å². The van der Waals surface area contributed by atoms with Gasteiger partial charge in [-0.05, 0) is 30.7 Å². The van der Waals surface area contributed by atoms with Crippen LogP contribution in [0.1, 0.15) is 5.56 Å². The predicted molar refractivity (Wildman–Crippen MR) is 82.1 cm³/mol. The molecule has 0 aliphatic rings. The number of hydrogen-bond donors (Lipinski definition) is 0. The third-order valence-electron chi connectivity index (χ3n) is 2.76. The van der Waals surface area contributed by atoms with E-state index < -0.39 is 20.7 Å². The largest absolute Gasteiger partial charge is 0.377 e. The summed E-state index contributed by atoms with van der Waals surface area (Å²) in [5.74, 6) is -0.0261. The molecule has 2 aromatic carbocycles. The molecule has 0 aliphatic carbocycles. The summed E-state index contributed by atoms with van der Waals surface area (Å²) in [6, 6.07) is 7.82. The lowest BCUT2D eigenvalue weighted by Gasteiger charge is -2.11. The van der Waals surface area contributed by atoms with Crippen molar-refractivity contribution in [2.45, 2.75) is 11.8 Å². The van der Waals surface area contributed by atoms with Crippen LogP contribution in [0.5, 0.6) is 5.75 Å². The number of para-hydroxylation sites is 1. The summed E-state index contributed by atoms with van der Waals surface area (Å²) in [6.07, 6.45) is 0. The van der Waals surface area contributed by atoms with Gasteiger partial charge in [0, 0.05) is 6.07 Å². The van der Waals surface area contributed by atoms with Gasteiger partial charge in [-0.1, -0.05) is 35.3 Å². The molecule has 9 heteroatoms. The summed E-state index contributed by atoms with van der Waals surface area (Å²) >= 11 is 11.6. The van der Waals surface area contributed by atoms with E-state index in [1.54, 1.807) is 19.1 Å². The summed E-state index contributed by atoms with van der Waals surface area (Å²) in [7, 11) is -4.28. The van der Waals surface area contributed by atoms with Crippen LogP contribution in [0.25, 0.3) is 0 Å². The van der Waals surface area contributed by atoms with E-state index in [4.69, 9.17) is 27.4 Å². The van der Waals surface area contributed by atoms with E-state index in [2.05, 4.69) is 0 Å². The van der Waals surface area contributed by atoms with Crippen molar-refractivity contribution in [2.24, 2.45) is 0 Å². The SMILES string of the molecule is Cc1cccc(Cl)c1OS(=O)(=O)c1ccc(Cl)c([N+](=O)[O-])c1. The standard InChI is InChI=1S/C13H9Cl2NO5S/c1-8-3-2-4-11(15)13(8)21-22(19,20)9-5-6-10(14)12(7-9)16(17)18/h2-7H,1H3. The Kier molecular flexibility index (Phi) is 4.60. The molecule has 2 rings (SSSR count). The van der Waals surface area contributed by atoms with Gasteiger partial charge in [0.05, 0.1) is 9.95 Å². The first-order valence-corrected chi connectivity index (χ1v) is 8.02. The zero-order valence-corrected chi connectivity index (χ0v) is 13.4. The highest BCUT2D eigenvalue weighted by Crippen LogP contribution is 2.32. The van der Waals surface area contributed by atoms with E-state index in [1.165, 1.54) is 6.07 Å². The lowest BCUT2D eigenvalue weighted by molar-refractivity contribution is -0.384. The Morgan fingerprint density at radius 3 is 2.41 bits per heavy atom. The van der Waals surface area contributed by atoms with Crippen LogP contribution in [0.15, 0.2) is 41.3 Å². The van der Waals surface area contributed by atoms with Gasteiger partial charge in [-0.2, -0.15) is 8.42 Å². The second-order valence-corrected chi connectivity index (χ2v) is 6.65. The normalized spacial score (nSPS) is 11.2. The Morgan fingerprint density at radius 2 is 1.82 bits per heavy atom. The number of benzene rings is 2. The zero-order valence-electron chi connectivity index (χ0n) is 11.1. The quantitative estimate of drug-likeness (QED) is 0.467. The molecule has 0 saturated heterocycles. The molecule has 22 heavy (non-hydrogen) atoms. The van der Waals surface area contributed by atoms with Crippen molar-refractivity contribution in [3.63, 3.8) is 0 Å². The van der Waals surface area contributed by atoms with Gasteiger partial charge < -0.3 is 4.18 Å². The van der Waals surface area contributed by atoms with E-state index in [9.17, 15) is 18.5 Å². The molecule has 0 saturated carbocycles. The average molecular weight is 362 g/mol. The van der Waals surface area contributed by atoms with Crippen LogP contribution >= 0.6 is 23.2 Å². The smallest absolute Gasteiger partial charge is 0.339 e. The van der Waals surface area contributed by atoms with Gasteiger partial charge in [0.25, 0.3) is 5.69 Å². The first-order chi connectivity index (χ1) is 10.2. The molecule has 0 aromatic heterocycles. The maximum Gasteiger partial charge on any atom is 0.339 e. The number of rotatable bonds is 4. The summed E-state index contributed by atoms with van der Waals surface area (Å²) in [6.45, 7) is 1.63. The van der Waals surface area contributed by atoms with Crippen LogP contribution in [-0.4, -0.2) is 13.3 Å². The Bertz CT molecular complexity index is 831. The van der Waals surface area contributed by atoms with E-state index in [-0.39, 0.29) is 20.7 Å². The van der Waals surface area contributed by atoms with Crippen LogP contribution in [-0.2, 0) is 10.1 Å². The summed E-state index contributed by atoms with van der Waals surface area (Å²) in [5.41, 5.74) is -0.0123. The monoisotopic (exact) mass is 361 g/mol. The van der Waals surface area contributed by atoms with Gasteiger partial charge in [-0.25, -0.2) is 0 Å². The molecule has 2 aromatic rings. The molecular formula is C13H9Cl2NO5S. The van der Waals surface area contributed by atoms with Gasteiger partial charge in [-0.15, -0.1) is 0 Å². The Balaban J connectivity index is 2.48. The van der Waals surface area contributed by atoms with Gasteiger partial charge in [0.15, 0.2) is 5.75 Å². The van der Waals surface area contributed by atoms with Gasteiger partial charge in [0.1, 0.15) is 9.92 Å². The summed E-state index contributed by atoms with van der Waals surface area (Å²) < 4.78 is 29.5. The second-order valence-electron chi connectivity index (χ2n) is 4.29. The third-order valence-corrected chi connectivity index (χ3v) is 4.59. The average Bonchev–Trinajstić information content (AvgIpc) is 2.43. The molecule has 0 amide bonds. The predicted octanol–water partition coefficient (Wildman–Crippen LogP) is 3.98. The fraction of sp³-hybridized carbons (Fsp3) is 0.0769. The highest BCUT2D eigenvalue weighted by Gasteiger charge is 2.24. The van der Waals surface area contributed by atoms with E-state index in [0.29, 0.717) is 5.56 Å². The van der Waals surface area contributed by atoms with Crippen molar-refractivity contribution >= 4 is 39.0 Å². The van der Waals surface area contributed by atoms with E-state index in [0.717, 1.165) is 18.2 Å². The van der Waals surface area contributed by atoms with E-state index in [1.807, 2.05) is 0 Å². The summed E-state index contributed by atoms with van der Waals surface area (Å²) in [4.78, 5) is 9.67. The molecule has 0 radical (unpaired) electrons. The van der Waals surface area contributed by atoms with Crippen molar-refractivity contribution < 1.29 is 17.5 Å². The topological polar surface area (TPSA) is 86.5 Å². The Hall–Kier alpha value is -1.83. The molecule has 6 nitrogen and oxygen atoms in total. The molecule has 0 heterocycles. The van der Waals surface area contributed by atoms with E-state index >= 15 is 0 Å². The molecular weight excluding hydrogens is 353 g/mol. The Morgan fingerprint density at radius 1 is 1.14 bits per heavy atom. The lowest BCUT2D eigenvalue weighted by Crippen LogP contribution is -2.11. The molecule has 0 bridgehead atoms.